The Morgan fingerprint density at radius 3 is 3.22 bits per heavy atom. The summed E-state index contributed by atoms with van der Waals surface area (Å²) in [5.74, 6) is 1.28. The number of anilines is 1. The zero-order valence-corrected chi connectivity index (χ0v) is 14.4. The molecule has 4 rings (SSSR count). The number of para-hydroxylation sites is 1. The summed E-state index contributed by atoms with van der Waals surface area (Å²) >= 11 is 3.22. The molecule has 5 nitrogen and oxygen atoms in total. The van der Waals surface area contributed by atoms with E-state index in [1.165, 1.54) is 4.88 Å². The number of hydrogen-bond acceptors (Lipinski definition) is 6. The van der Waals surface area contributed by atoms with Crippen LogP contribution in [-0.2, 0) is 17.8 Å². The first-order valence-electron chi connectivity index (χ1n) is 7.55. The number of rotatable bonds is 2. The van der Waals surface area contributed by atoms with Crippen LogP contribution in [0, 0.1) is 0 Å². The van der Waals surface area contributed by atoms with E-state index in [4.69, 9.17) is 4.74 Å². The van der Waals surface area contributed by atoms with E-state index < -0.39 is 6.10 Å². The van der Waals surface area contributed by atoms with Crippen LogP contribution in [0.25, 0.3) is 0 Å². The molecule has 1 N–H and O–H groups in total. The van der Waals surface area contributed by atoms with Gasteiger partial charge in [-0.25, -0.2) is 4.98 Å². The highest BCUT2D eigenvalue weighted by atomic mass is 32.2. The maximum Gasteiger partial charge on any atom is 0.268 e. The number of carbonyl (C=O) groups excluding carboxylic acids is 1. The number of amides is 1. The van der Waals surface area contributed by atoms with Crippen molar-refractivity contribution in [3.05, 3.63) is 34.8 Å². The normalized spacial score (nSPS) is 20.3. The van der Waals surface area contributed by atoms with Gasteiger partial charge in [0.15, 0.2) is 11.2 Å². The Hall–Kier alpha value is -1.57. The van der Waals surface area contributed by atoms with Crippen LogP contribution < -0.4 is 10.1 Å². The summed E-state index contributed by atoms with van der Waals surface area (Å²) in [5.41, 5.74) is 1.12. The topological polar surface area (TPSA) is 54.5 Å². The molecule has 0 saturated heterocycles. The maximum absolute atomic E-state index is 12.5. The van der Waals surface area contributed by atoms with Crippen molar-refractivity contribution >= 4 is 34.1 Å². The summed E-state index contributed by atoms with van der Waals surface area (Å²) in [4.78, 5) is 21.6. The molecule has 23 heavy (non-hydrogen) atoms. The van der Waals surface area contributed by atoms with Gasteiger partial charge >= 0.3 is 0 Å². The Morgan fingerprint density at radius 1 is 1.43 bits per heavy atom. The van der Waals surface area contributed by atoms with E-state index in [9.17, 15) is 4.79 Å². The molecule has 1 atom stereocenters. The molecule has 2 aliphatic rings. The second-order valence-corrected chi connectivity index (χ2v) is 7.88. The highest BCUT2D eigenvalue weighted by Gasteiger charge is 2.28. The first kappa shape index (κ1) is 15.0. The summed E-state index contributed by atoms with van der Waals surface area (Å²) in [6, 6.07) is 7.82. The van der Waals surface area contributed by atoms with Gasteiger partial charge < -0.3 is 9.64 Å². The first-order valence-corrected chi connectivity index (χ1v) is 9.36. The molecule has 120 valence electrons. The summed E-state index contributed by atoms with van der Waals surface area (Å²) in [6.07, 6.45) is 0.472. The molecule has 1 aromatic heterocycles. The Kier molecular flexibility index (Phi) is 4.00. The Balaban J connectivity index is 1.45. The lowest BCUT2D eigenvalue weighted by atomic mass is 10.2. The van der Waals surface area contributed by atoms with Crippen molar-refractivity contribution in [1.82, 2.24) is 9.88 Å². The van der Waals surface area contributed by atoms with Crippen molar-refractivity contribution in [2.24, 2.45) is 0 Å². The van der Waals surface area contributed by atoms with E-state index in [1.54, 1.807) is 23.1 Å². The van der Waals surface area contributed by atoms with Gasteiger partial charge in [0.05, 0.1) is 5.69 Å². The predicted molar refractivity (Wildman–Crippen MR) is 92.4 cm³/mol. The molecule has 3 heterocycles. The standard InChI is InChI=1S/C16H17N3O2S2/c1-19-7-6-10-14(8-19)23-16(17-10)18-15(20)12-9-22-13-5-3-2-4-11(13)21-12/h2-5,12H,6-9H2,1H3,(H,17,18,20)/t12-/m0/s1. The van der Waals surface area contributed by atoms with E-state index in [1.807, 2.05) is 24.3 Å². The fraction of sp³-hybridized carbons (Fsp3) is 0.375. The summed E-state index contributed by atoms with van der Waals surface area (Å²) in [5, 5.41) is 3.61. The quantitative estimate of drug-likeness (QED) is 0.905. The number of benzene rings is 1. The van der Waals surface area contributed by atoms with Crippen LogP contribution in [0.2, 0.25) is 0 Å². The van der Waals surface area contributed by atoms with Gasteiger partial charge in [0.25, 0.3) is 5.91 Å². The molecule has 2 aromatic rings. The molecule has 0 aliphatic carbocycles. The maximum atomic E-state index is 12.5. The smallest absolute Gasteiger partial charge is 0.268 e. The lowest BCUT2D eigenvalue weighted by molar-refractivity contribution is -0.122. The third-order valence-electron chi connectivity index (χ3n) is 3.95. The molecule has 0 spiro atoms. The molecule has 0 radical (unpaired) electrons. The van der Waals surface area contributed by atoms with Gasteiger partial charge in [-0.15, -0.1) is 23.1 Å². The number of nitrogens with one attached hydrogen (secondary N) is 1. The van der Waals surface area contributed by atoms with Crippen molar-refractivity contribution in [1.29, 1.82) is 0 Å². The van der Waals surface area contributed by atoms with E-state index in [0.29, 0.717) is 10.9 Å². The van der Waals surface area contributed by atoms with Crippen molar-refractivity contribution < 1.29 is 9.53 Å². The van der Waals surface area contributed by atoms with Crippen LogP contribution in [0.4, 0.5) is 5.13 Å². The molecule has 1 aromatic carbocycles. The predicted octanol–water partition coefficient (Wildman–Crippen LogP) is 2.62. The van der Waals surface area contributed by atoms with E-state index in [0.717, 1.165) is 35.8 Å². The number of aromatic nitrogens is 1. The summed E-state index contributed by atoms with van der Waals surface area (Å²) in [6.45, 7) is 1.93. The highest BCUT2D eigenvalue weighted by Crippen LogP contribution is 2.35. The van der Waals surface area contributed by atoms with Crippen LogP contribution in [0.3, 0.4) is 0 Å². The fourth-order valence-electron chi connectivity index (χ4n) is 2.71. The largest absolute Gasteiger partial charge is 0.479 e. The van der Waals surface area contributed by atoms with Crippen molar-refractivity contribution in [3.63, 3.8) is 0 Å². The second-order valence-electron chi connectivity index (χ2n) is 5.73. The minimum atomic E-state index is -0.474. The molecule has 2 aliphatic heterocycles. The third-order valence-corrected chi connectivity index (χ3v) is 6.07. The van der Waals surface area contributed by atoms with Crippen LogP contribution in [0.1, 0.15) is 10.6 Å². The average Bonchev–Trinajstić information content (AvgIpc) is 2.95. The number of thioether (sulfide) groups is 1. The van der Waals surface area contributed by atoms with Crippen LogP contribution >= 0.6 is 23.1 Å². The number of thiazole rings is 1. The highest BCUT2D eigenvalue weighted by molar-refractivity contribution is 7.99. The molecule has 0 saturated carbocycles. The number of carbonyl (C=O) groups is 1. The monoisotopic (exact) mass is 347 g/mol. The van der Waals surface area contributed by atoms with Gasteiger partial charge in [0, 0.05) is 35.0 Å². The number of hydrogen-bond donors (Lipinski definition) is 1. The SMILES string of the molecule is CN1CCc2nc(NC(=O)[C@@H]3CSc4ccccc4O3)sc2C1. The van der Waals surface area contributed by atoms with E-state index >= 15 is 0 Å². The van der Waals surface area contributed by atoms with Gasteiger partial charge in [-0.2, -0.15) is 0 Å². The van der Waals surface area contributed by atoms with Gasteiger partial charge in [0.1, 0.15) is 5.75 Å². The van der Waals surface area contributed by atoms with E-state index in [-0.39, 0.29) is 5.91 Å². The summed E-state index contributed by atoms with van der Waals surface area (Å²) in [7, 11) is 2.10. The Morgan fingerprint density at radius 2 is 2.30 bits per heavy atom. The van der Waals surface area contributed by atoms with Crippen LogP contribution in [0.15, 0.2) is 29.2 Å². The molecule has 0 bridgehead atoms. The third kappa shape index (κ3) is 3.08. The van der Waals surface area contributed by atoms with Crippen molar-refractivity contribution in [2.75, 3.05) is 24.7 Å². The van der Waals surface area contributed by atoms with Crippen molar-refractivity contribution in [3.8, 4) is 5.75 Å². The van der Waals surface area contributed by atoms with Gasteiger partial charge in [0.2, 0.25) is 0 Å². The van der Waals surface area contributed by atoms with Gasteiger partial charge in [-0.1, -0.05) is 12.1 Å². The zero-order valence-electron chi connectivity index (χ0n) is 12.7. The molecule has 7 heteroatoms. The second kappa shape index (κ2) is 6.14. The lowest BCUT2D eigenvalue weighted by Gasteiger charge is -2.24. The average molecular weight is 347 g/mol. The minimum Gasteiger partial charge on any atom is -0.479 e. The first-order chi connectivity index (χ1) is 11.2. The number of fused-ring (bicyclic) bond motifs is 2. The molecule has 0 unspecified atom stereocenters. The fourth-order valence-corrected chi connectivity index (χ4v) is 4.79. The molecule has 0 fully saturated rings. The van der Waals surface area contributed by atoms with Crippen LogP contribution in [0.5, 0.6) is 5.75 Å². The summed E-state index contributed by atoms with van der Waals surface area (Å²) < 4.78 is 5.82. The zero-order chi connectivity index (χ0) is 15.8. The molecule has 1 amide bonds. The number of nitrogens with zero attached hydrogens (tertiary/aromatic N) is 2. The lowest BCUT2D eigenvalue weighted by Crippen LogP contribution is -2.36. The Bertz CT molecular complexity index is 747. The van der Waals surface area contributed by atoms with Crippen molar-refractivity contribution in [2.45, 2.75) is 24.0 Å². The van der Waals surface area contributed by atoms with Gasteiger partial charge in [-0.3, -0.25) is 10.1 Å². The van der Waals surface area contributed by atoms with Crippen LogP contribution in [-0.4, -0.2) is 41.2 Å². The Labute approximate surface area is 143 Å². The molecular formula is C16H17N3O2S2. The van der Waals surface area contributed by atoms with Gasteiger partial charge in [-0.05, 0) is 19.2 Å². The minimum absolute atomic E-state index is 0.119. The molecular weight excluding hydrogens is 330 g/mol. The number of likely N-dealkylation sites (N-methyl/N-ethyl adjacent to an activating group) is 1. The van der Waals surface area contributed by atoms with E-state index in [2.05, 4.69) is 22.2 Å². The number of ether oxygens (including phenoxy) is 1.